The molecule has 2 aromatic rings. The average molecular weight is 356 g/mol. The number of fused-ring (bicyclic) bond motifs is 1. The molecule has 0 spiro atoms. The quantitative estimate of drug-likeness (QED) is 0.884. The van der Waals surface area contributed by atoms with Crippen molar-refractivity contribution in [3.63, 3.8) is 0 Å². The van der Waals surface area contributed by atoms with Gasteiger partial charge in [-0.2, -0.15) is 5.10 Å². The molecular weight excluding hydrogens is 332 g/mol. The third kappa shape index (κ3) is 3.00. The Kier molecular flexibility index (Phi) is 4.26. The van der Waals surface area contributed by atoms with Crippen molar-refractivity contribution >= 4 is 23.1 Å². The number of hydrogen-bond donors (Lipinski definition) is 1. The van der Waals surface area contributed by atoms with E-state index in [-0.39, 0.29) is 17.7 Å². The van der Waals surface area contributed by atoms with Gasteiger partial charge in [-0.1, -0.05) is 0 Å². The Labute approximate surface area is 152 Å². The Morgan fingerprint density at radius 2 is 1.85 bits per heavy atom. The number of anilines is 1. The van der Waals surface area contributed by atoms with Crippen LogP contribution in [-0.2, 0) is 4.79 Å². The molecule has 138 valence electrons. The van der Waals surface area contributed by atoms with Crippen molar-refractivity contribution in [3.05, 3.63) is 23.7 Å². The molecule has 2 aliphatic rings. The fourth-order valence-corrected chi connectivity index (χ4v) is 3.89. The largest absolute Gasteiger partial charge is 0.369 e. The number of rotatable bonds is 3. The second kappa shape index (κ2) is 6.59. The predicted octanol–water partition coefficient (Wildman–Crippen LogP) is 0.975. The molecule has 4 heterocycles. The van der Waals surface area contributed by atoms with Crippen LogP contribution in [0.25, 0.3) is 5.52 Å². The van der Waals surface area contributed by atoms with Gasteiger partial charge in [0.2, 0.25) is 5.91 Å². The second-order valence-corrected chi connectivity index (χ2v) is 7.23. The van der Waals surface area contributed by atoms with Crippen LogP contribution in [-0.4, -0.2) is 57.5 Å². The monoisotopic (exact) mass is 356 g/mol. The van der Waals surface area contributed by atoms with Gasteiger partial charge in [-0.25, -0.2) is 9.50 Å². The van der Waals surface area contributed by atoms with Gasteiger partial charge in [0.1, 0.15) is 5.52 Å². The summed E-state index contributed by atoms with van der Waals surface area (Å²) >= 11 is 0. The Morgan fingerprint density at radius 1 is 1.15 bits per heavy atom. The molecule has 2 fully saturated rings. The molecule has 0 unspecified atom stereocenters. The van der Waals surface area contributed by atoms with E-state index in [2.05, 4.69) is 15.0 Å². The molecule has 2 amide bonds. The summed E-state index contributed by atoms with van der Waals surface area (Å²) in [6, 6.07) is 1.84. The van der Waals surface area contributed by atoms with Crippen LogP contribution in [0, 0.1) is 12.8 Å². The van der Waals surface area contributed by atoms with E-state index in [0.29, 0.717) is 31.6 Å². The number of nitrogens with two attached hydrogens (primary N) is 1. The number of carbonyl (C=O) groups excluding carboxylic acids is 2. The summed E-state index contributed by atoms with van der Waals surface area (Å²) in [7, 11) is 0. The standard InChI is InChI=1S/C18H24N6O2/c1-12-11-24-15(17(20-12)22-6-2-3-7-22)10-14(21-24)18(26)23-8-4-13(5-9-23)16(19)25/h10-11,13H,2-9H2,1H3,(H2,19,25). The first kappa shape index (κ1) is 16.8. The van der Waals surface area contributed by atoms with E-state index in [9.17, 15) is 9.59 Å². The van der Waals surface area contributed by atoms with E-state index in [1.807, 2.05) is 19.2 Å². The first-order chi connectivity index (χ1) is 12.5. The highest BCUT2D eigenvalue weighted by molar-refractivity contribution is 5.94. The lowest BCUT2D eigenvalue weighted by Gasteiger charge is -2.29. The van der Waals surface area contributed by atoms with Gasteiger partial charge in [0, 0.05) is 38.2 Å². The number of aryl methyl sites for hydroxylation is 1. The molecule has 2 aliphatic heterocycles. The molecule has 0 atom stereocenters. The summed E-state index contributed by atoms with van der Waals surface area (Å²) in [6.07, 6.45) is 5.42. The molecule has 2 saturated heterocycles. The highest BCUT2D eigenvalue weighted by Crippen LogP contribution is 2.25. The van der Waals surface area contributed by atoms with Crippen molar-refractivity contribution in [2.24, 2.45) is 11.7 Å². The van der Waals surface area contributed by atoms with Gasteiger partial charge in [-0.15, -0.1) is 0 Å². The predicted molar refractivity (Wildman–Crippen MR) is 97.0 cm³/mol. The molecule has 2 aromatic heterocycles. The van der Waals surface area contributed by atoms with Crippen LogP contribution in [0.1, 0.15) is 41.9 Å². The fraction of sp³-hybridized carbons (Fsp3) is 0.556. The summed E-state index contributed by atoms with van der Waals surface area (Å²) < 4.78 is 1.76. The van der Waals surface area contributed by atoms with Crippen LogP contribution in [0.4, 0.5) is 5.82 Å². The Hall–Kier alpha value is -2.64. The summed E-state index contributed by atoms with van der Waals surface area (Å²) in [5, 5.41) is 4.50. The maximum absolute atomic E-state index is 12.9. The van der Waals surface area contributed by atoms with E-state index in [4.69, 9.17) is 5.73 Å². The van der Waals surface area contributed by atoms with E-state index in [1.165, 1.54) is 0 Å². The van der Waals surface area contributed by atoms with Crippen LogP contribution < -0.4 is 10.6 Å². The molecule has 0 aliphatic carbocycles. The Morgan fingerprint density at radius 3 is 2.50 bits per heavy atom. The number of amides is 2. The zero-order valence-corrected chi connectivity index (χ0v) is 15.0. The Bertz CT molecular complexity index is 847. The molecule has 8 nitrogen and oxygen atoms in total. The van der Waals surface area contributed by atoms with Gasteiger partial charge in [-0.3, -0.25) is 9.59 Å². The molecule has 26 heavy (non-hydrogen) atoms. The summed E-state index contributed by atoms with van der Waals surface area (Å²) in [6.45, 7) is 4.99. The highest BCUT2D eigenvalue weighted by Gasteiger charge is 2.28. The third-order valence-corrected chi connectivity index (χ3v) is 5.37. The van der Waals surface area contributed by atoms with Crippen molar-refractivity contribution in [1.29, 1.82) is 0 Å². The zero-order chi connectivity index (χ0) is 18.3. The van der Waals surface area contributed by atoms with Crippen LogP contribution in [0.15, 0.2) is 12.3 Å². The summed E-state index contributed by atoms with van der Waals surface area (Å²) in [5.74, 6) is 0.401. The molecule has 0 saturated carbocycles. The van der Waals surface area contributed by atoms with Gasteiger partial charge >= 0.3 is 0 Å². The normalized spacial score (nSPS) is 18.7. The third-order valence-electron chi connectivity index (χ3n) is 5.37. The number of nitrogens with zero attached hydrogens (tertiary/aromatic N) is 5. The van der Waals surface area contributed by atoms with E-state index in [1.54, 1.807) is 9.42 Å². The molecular formula is C18H24N6O2. The van der Waals surface area contributed by atoms with Crippen molar-refractivity contribution in [2.75, 3.05) is 31.1 Å². The number of aromatic nitrogens is 3. The minimum absolute atomic E-state index is 0.0957. The van der Waals surface area contributed by atoms with Gasteiger partial charge in [0.15, 0.2) is 11.5 Å². The lowest BCUT2D eigenvalue weighted by Crippen LogP contribution is -2.41. The highest BCUT2D eigenvalue weighted by atomic mass is 16.2. The number of piperidine rings is 1. The SMILES string of the molecule is Cc1cn2nc(C(=O)N3CCC(C(N)=O)CC3)cc2c(N2CCCC2)n1. The Balaban J connectivity index is 1.60. The molecule has 0 aromatic carbocycles. The zero-order valence-electron chi connectivity index (χ0n) is 15.0. The first-order valence-electron chi connectivity index (χ1n) is 9.23. The number of likely N-dealkylation sites (tertiary alicyclic amines) is 1. The van der Waals surface area contributed by atoms with Gasteiger partial charge in [-0.05, 0) is 32.6 Å². The van der Waals surface area contributed by atoms with E-state index < -0.39 is 0 Å². The molecule has 4 rings (SSSR count). The topological polar surface area (TPSA) is 96.8 Å². The van der Waals surface area contributed by atoms with Crippen LogP contribution in [0.3, 0.4) is 0 Å². The molecule has 0 bridgehead atoms. The minimum Gasteiger partial charge on any atom is -0.369 e. The van der Waals surface area contributed by atoms with Crippen LogP contribution >= 0.6 is 0 Å². The van der Waals surface area contributed by atoms with Crippen LogP contribution in [0.2, 0.25) is 0 Å². The number of primary amides is 1. The lowest BCUT2D eigenvalue weighted by atomic mass is 9.96. The maximum Gasteiger partial charge on any atom is 0.274 e. The van der Waals surface area contributed by atoms with Crippen molar-refractivity contribution in [1.82, 2.24) is 19.5 Å². The first-order valence-corrected chi connectivity index (χ1v) is 9.23. The lowest BCUT2D eigenvalue weighted by molar-refractivity contribution is -0.123. The fourth-order valence-electron chi connectivity index (χ4n) is 3.89. The number of carbonyl (C=O) groups is 2. The van der Waals surface area contributed by atoms with E-state index in [0.717, 1.165) is 43.0 Å². The van der Waals surface area contributed by atoms with Crippen molar-refractivity contribution in [3.8, 4) is 0 Å². The average Bonchev–Trinajstić information content (AvgIpc) is 3.30. The molecule has 0 radical (unpaired) electrons. The number of hydrogen-bond acceptors (Lipinski definition) is 5. The molecule has 2 N–H and O–H groups in total. The van der Waals surface area contributed by atoms with Gasteiger partial charge in [0.05, 0.1) is 11.9 Å². The molecule has 8 heteroatoms. The summed E-state index contributed by atoms with van der Waals surface area (Å²) in [4.78, 5) is 32.9. The van der Waals surface area contributed by atoms with Crippen LogP contribution in [0.5, 0.6) is 0 Å². The van der Waals surface area contributed by atoms with Gasteiger partial charge < -0.3 is 15.5 Å². The second-order valence-electron chi connectivity index (χ2n) is 7.23. The van der Waals surface area contributed by atoms with Gasteiger partial charge in [0.25, 0.3) is 5.91 Å². The van der Waals surface area contributed by atoms with E-state index >= 15 is 0 Å². The summed E-state index contributed by atoms with van der Waals surface area (Å²) in [5.41, 5.74) is 7.54. The minimum atomic E-state index is -0.276. The van der Waals surface area contributed by atoms with Crippen molar-refractivity contribution in [2.45, 2.75) is 32.6 Å². The smallest absolute Gasteiger partial charge is 0.274 e. The van der Waals surface area contributed by atoms with Crippen molar-refractivity contribution < 1.29 is 9.59 Å². The maximum atomic E-state index is 12.9.